The molecule has 0 aliphatic carbocycles. The van der Waals surface area contributed by atoms with Crippen molar-refractivity contribution in [2.75, 3.05) is 66.6 Å². The standard InChI is InChI=1S/C6H14O2.C4H10O3.C3H8O2/c1-2-3-5-8-6-4-7;5-1-3-7-4-2-6;1-5-3-2-4/h7H,2-6H2,1H3;5-6H,1-4H2;4H,2-3H2,1H3. The number of methoxy groups -OCH3 is 1. The Morgan fingerprint density at radius 1 is 0.650 bits per heavy atom. The van der Waals surface area contributed by atoms with Crippen LogP contribution in [0.4, 0.5) is 0 Å². The zero-order chi connectivity index (χ0) is 15.9. The topological polar surface area (TPSA) is 109 Å². The van der Waals surface area contributed by atoms with Crippen molar-refractivity contribution in [3.05, 3.63) is 0 Å². The molecule has 20 heavy (non-hydrogen) atoms. The average Bonchev–Trinajstić information content (AvgIpc) is 2.47. The highest BCUT2D eigenvalue weighted by atomic mass is 16.5. The largest absolute Gasteiger partial charge is 0.394 e. The molecule has 0 fully saturated rings. The molecule has 0 atom stereocenters. The fraction of sp³-hybridized carbons (Fsp3) is 1.00. The van der Waals surface area contributed by atoms with Gasteiger partial charge in [-0.1, -0.05) is 13.3 Å². The molecule has 0 amide bonds. The normalized spacial score (nSPS) is 9.30. The van der Waals surface area contributed by atoms with Crippen molar-refractivity contribution in [3.63, 3.8) is 0 Å². The number of hydrogen-bond acceptors (Lipinski definition) is 7. The second-order valence-corrected chi connectivity index (χ2v) is 3.47. The molecule has 7 heteroatoms. The summed E-state index contributed by atoms with van der Waals surface area (Å²) in [7, 11) is 1.55. The Morgan fingerprint density at radius 2 is 1.05 bits per heavy atom. The van der Waals surface area contributed by atoms with E-state index < -0.39 is 0 Å². The Morgan fingerprint density at radius 3 is 1.30 bits per heavy atom. The number of aliphatic hydroxyl groups excluding tert-OH is 4. The van der Waals surface area contributed by atoms with Crippen molar-refractivity contribution in [3.8, 4) is 0 Å². The molecule has 126 valence electrons. The predicted octanol–water partition coefficient (Wildman–Crippen LogP) is -0.592. The maximum atomic E-state index is 8.24. The summed E-state index contributed by atoms with van der Waals surface area (Å²) < 4.78 is 14.0. The highest BCUT2D eigenvalue weighted by Crippen LogP contribution is 1.85. The van der Waals surface area contributed by atoms with E-state index in [1.54, 1.807) is 7.11 Å². The van der Waals surface area contributed by atoms with Gasteiger partial charge in [0.05, 0.1) is 52.9 Å². The van der Waals surface area contributed by atoms with Crippen LogP contribution in [0.15, 0.2) is 0 Å². The molecule has 0 heterocycles. The molecule has 0 saturated carbocycles. The van der Waals surface area contributed by atoms with Crippen LogP contribution < -0.4 is 0 Å². The fourth-order valence-corrected chi connectivity index (χ4v) is 0.735. The van der Waals surface area contributed by atoms with Gasteiger partial charge in [0.15, 0.2) is 0 Å². The van der Waals surface area contributed by atoms with Gasteiger partial charge in [0.25, 0.3) is 0 Å². The number of aliphatic hydroxyl groups is 4. The molecule has 0 aromatic heterocycles. The first kappa shape index (κ1) is 24.7. The van der Waals surface area contributed by atoms with E-state index in [4.69, 9.17) is 25.2 Å². The minimum Gasteiger partial charge on any atom is -0.394 e. The van der Waals surface area contributed by atoms with Crippen molar-refractivity contribution in [1.29, 1.82) is 0 Å². The first-order valence-corrected chi connectivity index (χ1v) is 6.82. The van der Waals surface area contributed by atoms with E-state index in [-0.39, 0.29) is 26.4 Å². The molecule has 0 saturated heterocycles. The molecule has 7 nitrogen and oxygen atoms in total. The third kappa shape index (κ3) is 43.1. The van der Waals surface area contributed by atoms with Gasteiger partial charge >= 0.3 is 0 Å². The minimum atomic E-state index is 0.0278. The quantitative estimate of drug-likeness (QED) is 0.378. The molecule has 0 radical (unpaired) electrons. The van der Waals surface area contributed by atoms with Crippen molar-refractivity contribution in [2.45, 2.75) is 19.8 Å². The van der Waals surface area contributed by atoms with E-state index in [1.807, 2.05) is 0 Å². The lowest BCUT2D eigenvalue weighted by molar-refractivity contribution is 0.0650. The second-order valence-electron chi connectivity index (χ2n) is 3.47. The third-order valence-electron chi connectivity index (χ3n) is 1.64. The minimum absolute atomic E-state index is 0.0278. The van der Waals surface area contributed by atoms with Gasteiger partial charge < -0.3 is 34.6 Å². The van der Waals surface area contributed by atoms with E-state index in [0.717, 1.165) is 19.4 Å². The van der Waals surface area contributed by atoms with Crippen LogP contribution >= 0.6 is 0 Å². The molecule has 0 aliphatic heterocycles. The molecular formula is C13H32O7. The van der Waals surface area contributed by atoms with Gasteiger partial charge in [-0.05, 0) is 6.42 Å². The molecule has 0 spiro atoms. The summed E-state index contributed by atoms with van der Waals surface area (Å²) in [5.41, 5.74) is 0. The Hall–Kier alpha value is -0.280. The fourth-order valence-electron chi connectivity index (χ4n) is 0.735. The lowest BCUT2D eigenvalue weighted by Crippen LogP contribution is -2.03. The van der Waals surface area contributed by atoms with E-state index >= 15 is 0 Å². The Kier molecular flexibility index (Phi) is 38.6. The number of ether oxygens (including phenoxy) is 3. The van der Waals surface area contributed by atoms with E-state index in [2.05, 4.69) is 16.4 Å². The van der Waals surface area contributed by atoms with Crippen molar-refractivity contribution >= 4 is 0 Å². The number of hydrogen-bond donors (Lipinski definition) is 4. The third-order valence-corrected chi connectivity index (χ3v) is 1.64. The Bertz CT molecular complexity index is 113. The van der Waals surface area contributed by atoms with Crippen LogP contribution in [0.25, 0.3) is 0 Å². The monoisotopic (exact) mass is 300 g/mol. The van der Waals surface area contributed by atoms with Gasteiger partial charge in [-0.25, -0.2) is 0 Å². The van der Waals surface area contributed by atoms with Crippen molar-refractivity contribution in [1.82, 2.24) is 0 Å². The zero-order valence-electron chi connectivity index (χ0n) is 12.8. The molecule has 0 aromatic carbocycles. The molecular weight excluding hydrogens is 268 g/mol. The Labute approximate surface area is 122 Å². The van der Waals surface area contributed by atoms with Crippen LogP contribution in [0.3, 0.4) is 0 Å². The van der Waals surface area contributed by atoms with E-state index in [1.165, 1.54) is 0 Å². The van der Waals surface area contributed by atoms with Gasteiger partial charge in [0.1, 0.15) is 0 Å². The lowest BCUT2D eigenvalue weighted by atomic mass is 10.4. The molecule has 0 rings (SSSR count). The van der Waals surface area contributed by atoms with Crippen LogP contribution in [0, 0.1) is 0 Å². The maximum absolute atomic E-state index is 8.24. The number of rotatable bonds is 11. The summed E-state index contributed by atoms with van der Waals surface area (Å²) in [6, 6.07) is 0. The molecule has 0 aliphatic rings. The van der Waals surface area contributed by atoms with E-state index in [9.17, 15) is 0 Å². The number of unbranched alkanes of at least 4 members (excludes halogenated alkanes) is 1. The highest BCUT2D eigenvalue weighted by Gasteiger charge is 1.82. The van der Waals surface area contributed by atoms with Crippen molar-refractivity contribution < 1.29 is 34.6 Å². The molecule has 0 unspecified atom stereocenters. The predicted molar refractivity (Wildman–Crippen MR) is 76.8 cm³/mol. The smallest absolute Gasteiger partial charge is 0.0698 e. The molecule has 0 bridgehead atoms. The molecule has 4 N–H and O–H groups in total. The molecule has 0 aromatic rings. The van der Waals surface area contributed by atoms with Crippen LogP contribution in [0.5, 0.6) is 0 Å². The van der Waals surface area contributed by atoms with Crippen LogP contribution in [-0.2, 0) is 14.2 Å². The maximum Gasteiger partial charge on any atom is 0.0698 e. The summed E-state index contributed by atoms with van der Waals surface area (Å²) in [4.78, 5) is 0. The van der Waals surface area contributed by atoms with Gasteiger partial charge in [-0.15, -0.1) is 0 Å². The van der Waals surface area contributed by atoms with Gasteiger partial charge in [0, 0.05) is 13.7 Å². The highest BCUT2D eigenvalue weighted by molar-refractivity contribution is 4.30. The summed E-state index contributed by atoms with van der Waals surface area (Å²) in [5, 5.41) is 32.4. The van der Waals surface area contributed by atoms with Gasteiger partial charge in [0.2, 0.25) is 0 Å². The lowest BCUT2D eigenvalue weighted by Gasteiger charge is -1.97. The first-order valence-electron chi connectivity index (χ1n) is 6.82. The van der Waals surface area contributed by atoms with Gasteiger partial charge in [-0.2, -0.15) is 0 Å². The van der Waals surface area contributed by atoms with E-state index in [0.29, 0.717) is 26.4 Å². The van der Waals surface area contributed by atoms with Crippen molar-refractivity contribution in [2.24, 2.45) is 0 Å². The first-order chi connectivity index (χ1) is 9.74. The zero-order valence-corrected chi connectivity index (χ0v) is 12.8. The summed E-state index contributed by atoms with van der Waals surface area (Å²) in [5.74, 6) is 0. The Balaban J connectivity index is -0.000000223. The summed E-state index contributed by atoms with van der Waals surface area (Å²) in [6.07, 6.45) is 2.26. The average molecular weight is 300 g/mol. The van der Waals surface area contributed by atoms with Crippen LogP contribution in [0.1, 0.15) is 19.8 Å². The van der Waals surface area contributed by atoms with Crippen LogP contribution in [-0.4, -0.2) is 87.0 Å². The summed E-state index contributed by atoms with van der Waals surface area (Å²) in [6.45, 7) is 4.79. The second kappa shape index (κ2) is 31.2. The summed E-state index contributed by atoms with van der Waals surface area (Å²) >= 11 is 0. The van der Waals surface area contributed by atoms with Gasteiger partial charge in [-0.3, -0.25) is 0 Å². The SMILES string of the molecule is CCCCOCCO.COCCO.OCCOCCO. The van der Waals surface area contributed by atoms with Crippen LogP contribution in [0.2, 0.25) is 0 Å².